The van der Waals surface area contributed by atoms with E-state index >= 15 is 0 Å². The van der Waals surface area contributed by atoms with E-state index in [9.17, 15) is 9.59 Å². The maximum absolute atomic E-state index is 13.2. The highest BCUT2D eigenvalue weighted by Gasteiger charge is 2.28. The molecule has 0 atom stereocenters. The Morgan fingerprint density at radius 3 is 2.36 bits per heavy atom. The Bertz CT molecular complexity index is 1100. The van der Waals surface area contributed by atoms with Crippen LogP contribution in [0.5, 0.6) is 0 Å². The number of H-pyrrole nitrogens is 1. The van der Waals surface area contributed by atoms with Gasteiger partial charge in [-0.05, 0) is 74.6 Å². The Kier molecular flexibility index (Phi) is 4.59. The number of fused-ring (bicyclic) bond motifs is 4. The first kappa shape index (κ1) is 17.7. The van der Waals surface area contributed by atoms with Crippen molar-refractivity contribution in [3.8, 4) is 0 Å². The van der Waals surface area contributed by atoms with Gasteiger partial charge in [-0.15, -0.1) is 0 Å². The van der Waals surface area contributed by atoms with E-state index in [1.165, 1.54) is 47.1 Å². The molecule has 1 aromatic carbocycles. The maximum Gasteiger partial charge on any atom is 0.280 e. The fourth-order valence-electron chi connectivity index (χ4n) is 4.69. The van der Waals surface area contributed by atoms with Gasteiger partial charge in [0.25, 0.3) is 5.56 Å². The van der Waals surface area contributed by atoms with Gasteiger partial charge in [0, 0.05) is 11.4 Å². The van der Waals surface area contributed by atoms with Gasteiger partial charge in [-0.25, -0.2) is 4.98 Å². The third kappa shape index (κ3) is 3.00. The quantitative estimate of drug-likeness (QED) is 0.685. The van der Waals surface area contributed by atoms with Crippen molar-refractivity contribution in [1.82, 2.24) is 14.5 Å². The number of hydrogen-bond acceptors (Lipinski definition) is 4. The zero-order chi connectivity index (χ0) is 19.1. The van der Waals surface area contributed by atoms with Crippen molar-refractivity contribution in [2.24, 2.45) is 0 Å². The molecule has 0 amide bonds. The van der Waals surface area contributed by atoms with Crippen LogP contribution < -0.4 is 5.56 Å². The smallest absolute Gasteiger partial charge is 0.280 e. The summed E-state index contributed by atoms with van der Waals surface area (Å²) in [6, 6.07) is 7.47. The van der Waals surface area contributed by atoms with Crippen LogP contribution in [-0.4, -0.2) is 26.2 Å². The summed E-state index contributed by atoms with van der Waals surface area (Å²) in [4.78, 5) is 32.9. The normalized spacial score (nSPS) is 16.0. The van der Waals surface area contributed by atoms with Gasteiger partial charge in [-0.2, -0.15) is 0 Å². The van der Waals surface area contributed by atoms with Crippen LogP contribution in [-0.2, 0) is 25.7 Å². The minimum Gasteiger partial charge on any atom is -0.318 e. The number of hydrogen-bond donors (Lipinski definition) is 1. The Morgan fingerprint density at radius 2 is 1.64 bits per heavy atom. The van der Waals surface area contributed by atoms with Crippen LogP contribution in [0, 0.1) is 0 Å². The summed E-state index contributed by atoms with van der Waals surface area (Å²) in [5.74, 6) is 0.322. The summed E-state index contributed by atoms with van der Waals surface area (Å²) < 4.78 is 2.01. The van der Waals surface area contributed by atoms with Gasteiger partial charge in [0.2, 0.25) is 5.91 Å². The van der Waals surface area contributed by atoms with E-state index < -0.39 is 0 Å². The molecule has 2 aliphatic rings. The van der Waals surface area contributed by atoms with Crippen molar-refractivity contribution in [2.45, 2.75) is 56.4 Å². The summed E-state index contributed by atoms with van der Waals surface area (Å²) in [5, 5.41) is 0.363. The zero-order valence-electron chi connectivity index (χ0n) is 15.8. The largest absolute Gasteiger partial charge is 0.318 e. The standard InChI is InChI=1S/C22H23N3O2S/c26-20(13-28-22-21(27)23-16-9-3-4-10-17(16)24-22)25-18-11-5-1-7-14(18)15-8-2-6-12-19(15)25/h3-4,9-10H,1-2,5-8,11-13H2,(H,23,27). The third-order valence-electron chi connectivity index (χ3n) is 5.93. The Labute approximate surface area is 167 Å². The molecule has 0 aliphatic heterocycles. The Morgan fingerprint density at radius 1 is 1.00 bits per heavy atom. The van der Waals surface area contributed by atoms with Crippen molar-refractivity contribution < 1.29 is 4.79 Å². The molecule has 0 spiro atoms. The molecular weight excluding hydrogens is 370 g/mol. The zero-order valence-corrected chi connectivity index (χ0v) is 16.6. The fraction of sp³-hybridized carbons (Fsp3) is 0.409. The van der Waals surface area contributed by atoms with Crippen LogP contribution in [0.1, 0.15) is 53.0 Å². The fourth-order valence-corrected chi connectivity index (χ4v) is 5.43. The van der Waals surface area contributed by atoms with Crippen molar-refractivity contribution in [2.75, 3.05) is 5.75 Å². The lowest BCUT2D eigenvalue weighted by Crippen LogP contribution is -2.22. The maximum atomic E-state index is 13.2. The second kappa shape index (κ2) is 7.24. The number of aromatic nitrogens is 3. The Balaban J connectivity index is 1.45. The molecule has 2 aliphatic carbocycles. The van der Waals surface area contributed by atoms with E-state index in [1.54, 1.807) is 0 Å². The van der Waals surface area contributed by atoms with Crippen molar-refractivity contribution in [3.05, 3.63) is 57.1 Å². The number of nitrogens with one attached hydrogen (secondary N) is 1. The second-order valence-electron chi connectivity index (χ2n) is 7.67. The average Bonchev–Trinajstić information content (AvgIpc) is 3.06. The van der Waals surface area contributed by atoms with Crippen molar-refractivity contribution in [3.63, 3.8) is 0 Å². The number of benzene rings is 1. The molecule has 1 N–H and O–H groups in total. The van der Waals surface area contributed by atoms with E-state index in [1.807, 2.05) is 28.8 Å². The predicted molar refractivity (Wildman–Crippen MR) is 111 cm³/mol. The molecule has 144 valence electrons. The van der Waals surface area contributed by atoms with E-state index in [4.69, 9.17) is 0 Å². The van der Waals surface area contributed by atoms with Crippen molar-refractivity contribution >= 4 is 28.7 Å². The molecule has 6 heteroatoms. The molecule has 28 heavy (non-hydrogen) atoms. The summed E-state index contributed by atoms with van der Waals surface area (Å²) in [7, 11) is 0. The van der Waals surface area contributed by atoms with Crippen LogP contribution in [0.15, 0.2) is 34.1 Å². The van der Waals surface area contributed by atoms with E-state index in [0.717, 1.165) is 49.6 Å². The lowest BCUT2D eigenvalue weighted by molar-refractivity contribution is 0.0934. The summed E-state index contributed by atoms with van der Waals surface area (Å²) in [6.07, 6.45) is 8.96. The van der Waals surface area contributed by atoms with Crippen molar-refractivity contribution in [1.29, 1.82) is 0 Å². The van der Waals surface area contributed by atoms with Gasteiger partial charge in [0.05, 0.1) is 16.8 Å². The van der Waals surface area contributed by atoms with Gasteiger partial charge in [-0.3, -0.25) is 14.2 Å². The van der Waals surface area contributed by atoms with Gasteiger partial charge in [-0.1, -0.05) is 23.9 Å². The average molecular weight is 394 g/mol. The molecule has 0 fully saturated rings. The van der Waals surface area contributed by atoms with E-state index in [-0.39, 0.29) is 17.2 Å². The highest BCUT2D eigenvalue weighted by molar-refractivity contribution is 7.99. The van der Waals surface area contributed by atoms with Crippen LogP contribution in [0.4, 0.5) is 0 Å². The van der Waals surface area contributed by atoms with Gasteiger partial charge < -0.3 is 4.98 Å². The molecule has 0 bridgehead atoms. The lowest BCUT2D eigenvalue weighted by Gasteiger charge is -2.16. The number of carbonyl (C=O) groups excluding carboxylic acids is 1. The summed E-state index contributed by atoms with van der Waals surface area (Å²) in [5.41, 5.74) is 6.60. The molecule has 2 aromatic heterocycles. The number of para-hydroxylation sites is 2. The Hall–Kier alpha value is -2.34. The summed E-state index contributed by atoms with van der Waals surface area (Å²) in [6.45, 7) is 0. The third-order valence-corrected chi connectivity index (χ3v) is 6.87. The molecule has 0 saturated carbocycles. The molecule has 2 heterocycles. The van der Waals surface area contributed by atoms with E-state index in [2.05, 4.69) is 9.97 Å². The monoisotopic (exact) mass is 393 g/mol. The minimum absolute atomic E-state index is 0.0839. The van der Waals surface area contributed by atoms with Gasteiger partial charge in [0.1, 0.15) is 0 Å². The van der Waals surface area contributed by atoms with E-state index in [0.29, 0.717) is 5.03 Å². The second-order valence-corrected chi connectivity index (χ2v) is 8.63. The van der Waals surface area contributed by atoms with Crippen LogP contribution in [0.25, 0.3) is 11.0 Å². The number of carbonyl (C=O) groups is 1. The molecule has 0 radical (unpaired) electrons. The highest BCUT2D eigenvalue weighted by atomic mass is 32.2. The number of aromatic amines is 1. The first-order chi connectivity index (χ1) is 13.7. The number of rotatable bonds is 3. The van der Waals surface area contributed by atoms with Crippen LogP contribution >= 0.6 is 11.8 Å². The molecule has 3 aromatic rings. The van der Waals surface area contributed by atoms with Gasteiger partial charge in [0.15, 0.2) is 5.03 Å². The molecule has 5 rings (SSSR count). The SMILES string of the molecule is O=C(CSc1nc2ccccc2[nH]c1=O)n1c2c(c3c1CCCC3)CCCC2. The van der Waals surface area contributed by atoms with Crippen LogP contribution in [0.2, 0.25) is 0 Å². The molecular formula is C22H23N3O2S. The van der Waals surface area contributed by atoms with Gasteiger partial charge >= 0.3 is 0 Å². The first-order valence-corrected chi connectivity index (χ1v) is 11.1. The predicted octanol–water partition coefficient (Wildman–Crippen LogP) is 3.91. The summed E-state index contributed by atoms with van der Waals surface area (Å²) >= 11 is 1.24. The highest BCUT2D eigenvalue weighted by Crippen LogP contribution is 2.35. The lowest BCUT2D eigenvalue weighted by atomic mass is 9.89. The topological polar surface area (TPSA) is 67.8 Å². The number of thioether (sulfide) groups is 1. The first-order valence-electron chi connectivity index (χ1n) is 10.1. The van der Waals surface area contributed by atoms with Crippen LogP contribution in [0.3, 0.4) is 0 Å². The molecule has 0 unspecified atom stereocenters. The molecule has 5 nitrogen and oxygen atoms in total. The number of nitrogens with zero attached hydrogens (tertiary/aromatic N) is 2. The minimum atomic E-state index is -0.229. The molecule has 0 saturated heterocycles.